The predicted molar refractivity (Wildman–Crippen MR) is 64.4 cm³/mol. The molecule has 1 aliphatic heterocycles. The van der Waals surface area contributed by atoms with Crippen LogP contribution in [-0.4, -0.2) is 48.1 Å². The lowest BCUT2D eigenvalue weighted by Gasteiger charge is -2.17. The van der Waals surface area contributed by atoms with E-state index in [1.165, 1.54) is 4.90 Å². The number of nitrogens with one attached hydrogen (secondary N) is 1. The molecule has 5 heteroatoms. The van der Waals surface area contributed by atoms with Gasteiger partial charge in [-0.25, -0.2) is 0 Å². The molecule has 2 bridgehead atoms. The van der Waals surface area contributed by atoms with Crippen molar-refractivity contribution >= 4 is 11.8 Å². The standard InChI is InChI=1S/C13H18N2O3/c16-6-4-14-3-5-15-12(17)10-8-1-2-9(7-8)11(10)13(15)18/h1-2,8-11,14,16H,3-7H2. The van der Waals surface area contributed by atoms with Gasteiger partial charge < -0.3 is 10.4 Å². The SMILES string of the molecule is O=C1C2C3C=CC(C3)C2C(=O)N1CCNCCO. The maximum Gasteiger partial charge on any atom is 0.233 e. The summed E-state index contributed by atoms with van der Waals surface area (Å²) in [5.41, 5.74) is 0. The van der Waals surface area contributed by atoms with Crippen LogP contribution >= 0.6 is 0 Å². The second kappa shape index (κ2) is 4.48. The Labute approximate surface area is 106 Å². The van der Waals surface area contributed by atoms with Gasteiger partial charge in [0.25, 0.3) is 0 Å². The lowest BCUT2D eigenvalue weighted by molar-refractivity contribution is -0.140. The number of nitrogens with zero attached hydrogens (tertiary/aromatic N) is 1. The first-order valence-corrected chi connectivity index (χ1v) is 6.59. The first-order valence-electron chi connectivity index (χ1n) is 6.59. The zero-order valence-corrected chi connectivity index (χ0v) is 10.2. The van der Waals surface area contributed by atoms with E-state index in [1.807, 2.05) is 0 Å². The minimum Gasteiger partial charge on any atom is -0.395 e. The first-order chi connectivity index (χ1) is 8.74. The molecule has 5 nitrogen and oxygen atoms in total. The highest BCUT2D eigenvalue weighted by molar-refractivity contribution is 6.06. The van der Waals surface area contributed by atoms with Crippen LogP contribution in [0.4, 0.5) is 0 Å². The molecule has 3 rings (SSSR count). The summed E-state index contributed by atoms with van der Waals surface area (Å²) in [4.78, 5) is 25.9. The molecular formula is C13H18N2O3. The van der Waals surface area contributed by atoms with Crippen molar-refractivity contribution in [3.63, 3.8) is 0 Å². The molecule has 1 saturated heterocycles. The van der Waals surface area contributed by atoms with E-state index < -0.39 is 0 Å². The molecule has 18 heavy (non-hydrogen) atoms. The van der Waals surface area contributed by atoms with Crippen LogP contribution in [0.5, 0.6) is 0 Å². The van der Waals surface area contributed by atoms with Crippen LogP contribution in [0.15, 0.2) is 12.2 Å². The third-order valence-corrected chi connectivity index (χ3v) is 4.36. The second-order valence-electron chi connectivity index (χ2n) is 5.30. The van der Waals surface area contributed by atoms with Crippen molar-refractivity contribution in [3.8, 4) is 0 Å². The summed E-state index contributed by atoms with van der Waals surface area (Å²) in [7, 11) is 0. The van der Waals surface area contributed by atoms with Gasteiger partial charge in [-0.05, 0) is 18.3 Å². The average molecular weight is 250 g/mol. The fraction of sp³-hybridized carbons (Fsp3) is 0.692. The highest BCUT2D eigenvalue weighted by atomic mass is 16.3. The van der Waals surface area contributed by atoms with Crippen LogP contribution in [0.25, 0.3) is 0 Å². The van der Waals surface area contributed by atoms with Crippen LogP contribution < -0.4 is 5.32 Å². The molecular weight excluding hydrogens is 232 g/mol. The van der Waals surface area contributed by atoms with E-state index in [2.05, 4.69) is 17.5 Å². The molecule has 2 fully saturated rings. The van der Waals surface area contributed by atoms with Gasteiger partial charge in [-0.1, -0.05) is 12.2 Å². The molecule has 4 atom stereocenters. The highest BCUT2D eigenvalue weighted by Crippen LogP contribution is 2.52. The van der Waals surface area contributed by atoms with Gasteiger partial charge in [-0.2, -0.15) is 0 Å². The summed E-state index contributed by atoms with van der Waals surface area (Å²) < 4.78 is 0. The van der Waals surface area contributed by atoms with Crippen LogP contribution in [0.1, 0.15) is 6.42 Å². The molecule has 4 unspecified atom stereocenters. The van der Waals surface area contributed by atoms with Crippen molar-refractivity contribution in [2.75, 3.05) is 26.2 Å². The number of hydrogen-bond donors (Lipinski definition) is 2. The van der Waals surface area contributed by atoms with E-state index in [9.17, 15) is 9.59 Å². The quantitative estimate of drug-likeness (QED) is 0.387. The fourth-order valence-electron chi connectivity index (χ4n) is 3.58. The molecule has 3 aliphatic rings. The van der Waals surface area contributed by atoms with Crippen molar-refractivity contribution in [1.82, 2.24) is 10.2 Å². The molecule has 98 valence electrons. The summed E-state index contributed by atoms with van der Waals surface area (Å²) in [5.74, 6) is 0.398. The predicted octanol–water partition coefficient (Wildman–Crippen LogP) is -0.625. The fourth-order valence-corrected chi connectivity index (χ4v) is 3.58. The summed E-state index contributed by atoms with van der Waals surface area (Å²) in [6.07, 6.45) is 5.18. The van der Waals surface area contributed by atoms with E-state index in [0.29, 0.717) is 19.6 Å². The number of carbonyl (C=O) groups excluding carboxylic acids is 2. The van der Waals surface area contributed by atoms with E-state index in [0.717, 1.165) is 6.42 Å². The molecule has 0 aromatic carbocycles. The molecule has 2 aliphatic carbocycles. The molecule has 2 N–H and O–H groups in total. The zero-order chi connectivity index (χ0) is 12.7. The van der Waals surface area contributed by atoms with Crippen molar-refractivity contribution in [1.29, 1.82) is 0 Å². The Kier molecular flexibility index (Phi) is 2.95. The van der Waals surface area contributed by atoms with E-state index >= 15 is 0 Å². The van der Waals surface area contributed by atoms with Crippen LogP contribution in [-0.2, 0) is 9.59 Å². The third-order valence-electron chi connectivity index (χ3n) is 4.36. The minimum atomic E-state index is -0.0923. The van der Waals surface area contributed by atoms with Gasteiger partial charge in [0.05, 0.1) is 18.4 Å². The molecule has 0 radical (unpaired) electrons. The summed E-state index contributed by atoms with van der Waals surface area (Å²) >= 11 is 0. The maximum absolute atomic E-state index is 12.2. The maximum atomic E-state index is 12.2. The van der Waals surface area contributed by atoms with Gasteiger partial charge in [0.2, 0.25) is 11.8 Å². The number of rotatable bonds is 5. The monoisotopic (exact) mass is 250 g/mol. The summed E-state index contributed by atoms with van der Waals surface area (Å²) in [6, 6.07) is 0. The number of amides is 2. The Bertz CT molecular complexity index is 377. The average Bonchev–Trinajstić information content (AvgIpc) is 3.02. The Morgan fingerprint density at radius 1 is 1.17 bits per heavy atom. The Morgan fingerprint density at radius 2 is 1.78 bits per heavy atom. The Morgan fingerprint density at radius 3 is 2.33 bits per heavy atom. The van der Waals surface area contributed by atoms with Crippen molar-refractivity contribution < 1.29 is 14.7 Å². The van der Waals surface area contributed by atoms with Gasteiger partial charge >= 0.3 is 0 Å². The summed E-state index contributed by atoms with van der Waals surface area (Å²) in [6.45, 7) is 1.54. The van der Waals surface area contributed by atoms with Gasteiger partial charge in [0, 0.05) is 19.6 Å². The lowest BCUT2D eigenvalue weighted by Crippen LogP contribution is -2.38. The molecule has 0 aromatic rings. The summed E-state index contributed by atoms with van der Waals surface area (Å²) in [5, 5.41) is 11.6. The number of fused-ring (bicyclic) bond motifs is 5. The van der Waals surface area contributed by atoms with Gasteiger partial charge in [0.15, 0.2) is 0 Å². The number of aliphatic hydroxyl groups is 1. The molecule has 0 aromatic heterocycles. The van der Waals surface area contributed by atoms with Crippen LogP contribution in [0.3, 0.4) is 0 Å². The topological polar surface area (TPSA) is 69.6 Å². The Hall–Kier alpha value is -1.20. The van der Waals surface area contributed by atoms with Crippen molar-refractivity contribution in [2.45, 2.75) is 6.42 Å². The van der Waals surface area contributed by atoms with Crippen molar-refractivity contribution in [3.05, 3.63) is 12.2 Å². The van der Waals surface area contributed by atoms with Gasteiger partial charge in [0.1, 0.15) is 0 Å². The normalized spacial score (nSPS) is 36.8. The molecule has 2 amide bonds. The van der Waals surface area contributed by atoms with E-state index in [1.54, 1.807) is 0 Å². The smallest absolute Gasteiger partial charge is 0.233 e. The zero-order valence-electron chi connectivity index (χ0n) is 10.2. The first kappa shape index (κ1) is 11.9. The Balaban J connectivity index is 1.65. The number of allylic oxidation sites excluding steroid dienone is 2. The number of imide groups is 1. The highest BCUT2D eigenvalue weighted by Gasteiger charge is 2.58. The molecule has 1 heterocycles. The minimum absolute atomic E-state index is 0.00708. The number of likely N-dealkylation sites (tertiary alicyclic amines) is 1. The number of carbonyl (C=O) groups is 2. The van der Waals surface area contributed by atoms with Crippen LogP contribution in [0, 0.1) is 23.7 Å². The van der Waals surface area contributed by atoms with E-state index in [4.69, 9.17) is 5.11 Å². The van der Waals surface area contributed by atoms with E-state index in [-0.39, 0.29) is 42.1 Å². The molecule has 0 spiro atoms. The van der Waals surface area contributed by atoms with Crippen LogP contribution in [0.2, 0.25) is 0 Å². The van der Waals surface area contributed by atoms with Crippen molar-refractivity contribution in [2.24, 2.45) is 23.7 Å². The van der Waals surface area contributed by atoms with Gasteiger partial charge in [-0.15, -0.1) is 0 Å². The lowest BCUT2D eigenvalue weighted by atomic mass is 9.85. The number of aliphatic hydroxyl groups excluding tert-OH is 1. The second-order valence-corrected chi connectivity index (χ2v) is 5.30. The molecule has 1 saturated carbocycles. The third kappa shape index (κ3) is 1.61. The largest absolute Gasteiger partial charge is 0.395 e. The van der Waals surface area contributed by atoms with Gasteiger partial charge in [-0.3, -0.25) is 14.5 Å². The number of hydrogen-bond acceptors (Lipinski definition) is 4.